The normalized spacial score (nSPS) is 19.5. The van der Waals surface area contributed by atoms with E-state index in [-0.39, 0.29) is 40.2 Å². The molecule has 1 saturated heterocycles. The Balaban J connectivity index is 1.53. The number of carbonyl (C=O) groups is 3. The number of nitrogens with zero attached hydrogens (tertiary/aromatic N) is 3. The standard InChI is InChI=1S/C27H21N3O13/c1-15-24(43-27(33)18-6-12-21(13-7-18)30(38)39)22(41-25(31)16-2-8-19(9-3-16)28(34)35)14-23(40-15)42-26(32)17-4-10-20(11-5-17)29(36)37/h2-13,15,22-24H,14H2,1H3/t15-,22+,23+,24-/m1/s1. The Morgan fingerprint density at radius 1 is 0.628 bits per heavy atom. The monoisotopic (exact) mass is 595 g/mol. The first-order chi connectivity index (χ1) is 20.4. The number of carbonyl (C=O) groups excluding carboxylic acids is 3. The van der Waals surface area contributed by atoms with Gasteiger partial charge in [-0.2, -0.15) is 0 Å². The Kier molecular flexibility index (Phi) is 9.00. The molecule has 222 valence electrons. The van der Waals surface area contributed by atoms with Crippen molar-refractivity contribution in [3.63, 3.8) is 0 Å². The third-order valence-electron chi connectivity index (χ3n) is 6.30. The van der Waals surface area contributed by atoms with Crippen molar-refractivity contribution in [1.82, 2.24) is 0 Å². The number of nitro groups is 3. The van der Waals surface area contributed by atoms with Gasteiger partial charge >= 0.3 is 17.9 Å². The van der Waals surface area contributed by atoms with E-state index < -0.39 is 57.3 Å². The minimum Gasteiger partial charge on any atom is -0.454 e. The summed E-state index contributed by atoms with van der Waals surface area (Å²) in [6, 6.07) is 13.7. The lowest BCUT2D eigenvalue weighted by molar-refractivity contribution is -0.385. The third-order valence-corrected chi connectivity index (χ3v) is 6.30. The third kappa shape index (κ3) is 7.31. The van der Waals surface area contributed by atoms with Gasteiger partial charge in [0, 0.05) is 36.4 Å². The fourth-order valence-electron chi connectivity index (χ4n) is 4.10. The molecule has 0 aromatic heterocycles. The minimum absolute atomic E-state index is 0.0204. The SMILES string of the molecule is C[C@H]1O[C@@H](OC(=O)c2ccc([N+](=O)[O-])cc2)C[C@H](OC(=O)c2ccc([N+](=O)[O-])cc2)[C@@H]1OC(=O)c1ccc([N+](=O)[O-])cc1. The van der Waals surface area contributed by atoms with Crippen LogP contribution in [-0.2, 0) is 18.9 Å². The molecule has 4 rings (SSSR count). The molecule has 0 spiro atoms. The summed E-state index contributed by atoms with van der Waals surface area (Å²) in [5, 5.41) is 32.8. The van der Waals surface area contributed by atoms with E-state index in [1.54, 1.807) is 0 Å². The predicted molar refractivity (Wildman–Crippen MR) is 142 cm³/mol. The topological polar surface area (TPSA) is 218 Å². The second-order valence-corrected chi connectivity index (χ2v) is 9.14. The van der Waals surface area contributed by atoms with Crippen LogP contribution in [0, 0.1) is 30.3 Å². The number of hydrogen-bond donors (Lipinski definition) is 0. The molecule has 0 N–H and O–H groups in total. The van der Waals surface area contributed by atoms with Crippen LogP contribution in [0.4, 0.5) is 17.1 Å². The number of rotatable bonds is 9. The maximum absolute atomic E-state index is 12.9. The zero-order valence-electron chi connectivity index (χ0n) is 22.1. The molecule has 1 heterocycles. The van der Waals surface area contributed by atoms with Gasteiger partial charge in [-0.25, -0.2) is 14.4 Å². The molecule has 16 nitrogen and oxygen atoms in total. The molecule has 0 radical (unpaired) electrons. The van der Waals surface area contributed by atoms with Gasteiger partial charge in [-0.1, -0.05) is 0 Å². The van der Waals surface area contributed by atoms with Gasteiger partial charge in [0.1, 0.15) is 6.10 Å². The zero-order chi connectivity index (χ0) is 31.3. The van der Waals surface area contributed by atoms with E-state index in [9.17, 15) is 44.7 Å². The first-order valence-electron chi connectivity index (χ1n) is 12.4. The lowest BCUT2D eigenvalue weighted by Crippen LogP contribution is -2.51. The molecule has 0 saturated carbocycles. The van der Waals surface area contributed by atoms with Crippen LogP contribution in [0.2, 0.25) is 0 Å². The van der Waals surface area contributed by atoms with Crippen molar-refractivity contribution in [1.29, 1.82) is 0 Å². The van der Waals surface area contributed by atoms with E-state index in [0.29, 0.717) is 0 Å². The highest BCUT2D eigenvalue weighted by molar-refractivity contribution is 5.91. The van der Waals surface area contributed by atoms with Gasteiger partial charge in [0.2, 0.25) is 6.29 Å². The predicted octanol–water partition coefficient (Wildman–Crippen LogP) is 4.15. The molecule has 1 aliphatic rings. The van der Waals surface area contributed by atoms with Gasteiger partial charge in [-0.15, -0.1) is 0 Å². The summed E-state index contributed by atoms with van der Waals surface area (Å²) in [4.78, 5) is 69.3. The summed E-state index contributed by atoms with van der Waals surface area (Å²) < 4.78 is 22.2. The summed E-state index contributed by atoms with van der Waals surface area (Å²) in [7, 11) is 0. The highest BCUT2D eigenvalue weighted by Gasteiger charge is 2.43. The molecule has 16 heteroatoms. The molecule has 0 aliphatic carbocycles. The molecule has 0 bridgehead atoms. The van der Waals surface area contributed by atoms with E-state index in [4.69, 9.17) is 18.9 Å². The van der Waals surface area contributed by atoms with Gasteiger partial charge in [0.05, 0.1) is 44.0 Å². The molecule has 1 aliphatic heterocycles. The molecule has 3 aromatic rings. The van der Waals surface area contributed by atoms with E-state index in [2.05, 4.69) is 0 Å². The van der Waals surface area contributed by atoms with Crippen molar-refractivity contribution in [2.75, 3.05) is 0 Å². The van der Waals surface area contributed by atoms with Crippen LogP contribution in [0.3, 0.4) is 0 Å². The van der Waals surface area contributed by atoms with Crippen molar-refractivity contribution in [3.8, 4) is 0 Å². The molecular weight excluding hydrogens is 574 g/mol. The Labute approximate surface area is 241 Å². The molecule has 43 heavy (non-hydrogen) atoms. The second-order valence-electron chi connectivity index (χ2n) is 9.14. The van der Waals surface area contributed by atoms with Crippen LogP contribution < -0.4 is 0 Å². The molecule has 0 unspecified atom stereocenters. The Hall–Kier alpha value is -5.77. The number of ether oxygens (including phenoxy) is 4. The van der Waals surface area contributed by atoms with E-state index in [0.717, 1.165) is 36.4 Å². The maximum atomic E-state index is 12.9. The number of esters is 3. The van der Waals surface area contributed by atoms with E-state index in [1.807, 2.05) is 0 Å². The molecule has 0 amide bonds. The molecule has 1 fully saturated rings. The van der Waals surface area contributed by atoms with Gasteiger partial charge in [0.25, 0.3) is 17.1 Å². The minimum atomic E-state index is -1.30. The van der Waals surface area contributed by atoms with Crippen LogP contribution in [0.25, 0.3) is 0 Å². The van der Waals surface area contributed by atoms with Crippen molar-refractivity contribution in [2.45, 2.75) is 37.9 Å². The summed E-state index contributed by atoms with van der Waals surface area (Å²) in [5.74, 6) is -2.73. The van der Waals surface area contributed by atoms with Crippen molar-refractivity contribution < 1.29 is 48.1 Å². The van der Waals surface area contributed by atoms with E-state index in [1.165, 1.54) is 43.3 Å². The molecule has 4 atom stereocenters. The number of non-ortho nitro benzene ring substituents is 3. The van der Waals surface area contributed by atoms with Crippen molar-refractivity contribution in [2.24, 2.45) is 0 Å². The van der Waals surface area contributed by atoms with Crippen LogP contribution >= 0.6 is 0 Å². The lowest BCUT2D eigenvalue weighted by Gasteiger charge is -2.38. The van der Waals surface area contributed by atoms with Crippen LogP contribution in [0.5, 0.6) is 0 Å². The number of hydrogen-bond acceptors (Lipinski definition) is 13. The molecular formula is C27H21N3O13. The van der Waals surface area contributed by atoms with Gasteiger partial charge in [-0.3, -0.25) is 30.3 Å². The van der Waals surface area contributed by atoms with Gasteiger partial charge in [0.15, 0.2) is 6.10 Å². The van der Waals surface area contributed by atoms with Crippen molar-refractivity contribution >= 4 is 35.0 Å². The first-order valence-corrected chi connectivity index (χ1v) is 12.4. The fourth-order valence-corrected chi connectivity index (χ4v) is 4.10. The first kappa shape index (κ1) is 30.2. The smallest absolute Gasteiger partial charge is 0.340 e. The molecule has 3 aromatic carbocycles. The van der Waals surface area contributed by atoms with Gasteiger partial charge in [-0.05, 0) is 43.3 Å². The largest absolute Gasteiger partial charge is 0.454 e. The van der Waals surface area contributed by atoms with Crippen LogP contribution in [0.1, 0.15) is 44.4 Å². The Morgan fingerprint density at radius 2 is 0.977 bits per heavy atom. The fraction of sp³-hybridized carbons (Fsp3) is 0.222. The van der Waals surface area contributed by atoms with Crippen molar-refractivity contribution in [3.05, 3.63) is 120 Å². The summed E-state index contributed by atoms with van der Waals surface area (Å²) >= 11 is 0. The maximum Gasteiger partial charge on any atom is 0.340 e. The lowest BCUT2D eigenvalue weighted by atomic mass is 10.0. The van der Waals surface area contributed by atoms with Crippen LogP contribution in [-0.4, -0.2) is 57.3 Å². The zero-order valence-corrected chi connectivity index (χ0v) is 22.1. The number of benzene rings is 3. The average molecular weight is 595 g/mol. The number of nitro benzene ring substituents is 3. The van der Waals surface area contributed by atoms with E-state index >= 15 is 0 Å². The quantitative estimate of drug-likeness (QED) is 0.147. The highest BCUT2D eigenvalue weighted by Crippen LogP contribution is 2.29. The summed E-state index contributed by atoms with van der Waals surface area (Å²) in [6.45, 7) is 1.46. The summed E-state index contributed by atoms with van der Waals surface area (Å²) in [5.41, 5.74) is -0.861. The Morgan fingerprint density at radius 3 is 1.35 bits per heavy atom. The van der Waals surface area contributed by atoms with Gasteiger partial charge < -0.3 is 18.9 Å². The Bertz CT molecular complexity index is 1560. The highest BCUT2D eigenvalue weighted by atomic mass is 16.7. The summed E-state index contributed by atoms with van der Waals surface area (Å²) in [6.07, 6.45) is -5.11. The average Bonchev–Trinajstić information content (AvgIpc) is 2.98. The second kappa shape index (κ2) is 12.8. The van der Waals surface area contributed by atoms with Crippen LogP contribution in [0.15, 0.2) is 72.8 Å².